The molecule has 116 valence electrons. The average molecular weight is 291 g/mol. The molecule has 0 aliphatic heterocycles. The monoisotopic (exact) mass is 291 g/mol. The zero-order valence-electron chi connectivity index (χ0n) is 12.7. The van der Waals surface area contributed by atoms with E-state index in [1.807, 2.05) is 25.1 Å². The number of hydrogen-bond donors (Lipinski definition) is 2. The Labute approximate surface area is 126 Å². The molecule has 0 bridgehead atoms. The van der Waals surface area contributed by atoms with Crippen LogP contribution in [0.15, 0.2) is 29.1 Å². The largest absolute Gasteiger partial charge is 0.481 e. The molecule has 0 atom stereocenters. The molecule has 0 aliphatic rings. The van der Waals surface area contributed by atoms with Crippen LogP contribution < -0.4 is 10.7 Å². The van der Waals surface area contributed by atoms with Crippen molar-refractivity contribution >= 4 is 5.97 Å². The van der Waals surface area contributed by atoms with Crippen molar-refractivity contribution in [1.29, 1.82) is 0 Å². The van der Waals surface area contributed by atoms with Crippen molar-refractivity contribution in [1.82, 2.24) is 5.32 Å². The van der Waals surface area contributed by atoms with Gasteiger partial charge in [-0.05, 0) is 32.4 Å². The molecule has 4 heteroatoms. The van der Waals surface area contributed by atoms with Crippen molar-refractivity contribution < 1.29 is 9.90 Å². The van der Waals surface area contributed by atoms with Gasteiger partial charge in [-0.2, -0.15) is 0 Å². The van der Waals surface area contributed by atoms with Gasteiger partial charge in [0, 0.05) is 18.5 Å². The third-order valence-corrected chi connectivity index (χ3v) is 3.42. The van der Waals surface area contributed by atoms with Crippen LogP contribution in [-0.2, 0) is 11.3 Å². The Morgan fingerprint density at radius 3 is 2.48 bits per heavy atom. The van der Waals surface area contributed by atoms with Gasteiger partial charge < -0.3 is 10.4 Å². The summed E-state index contributed by atoms with van der Waals surface area (Å²) in [5.41, 5.74) is 1.95. The van der Waals surface area contributed by atoms with Gasteiger partial charge in [-0.3, -0.25) is 9.59 Å². The summed E-state index contributed by atoms with van der Waals surface area (Å²) in [5, 5.41) is 11.8. The van der Waals surface area contributed by atoms with Crippen LogP contribution in [0.1, 0.15) is 49.7 Å². The number of nitrogens with one attached hydrogen (secondary N) is 1. The summed E-state index contributed by atoms with van der Waals surface area (Å²) in [7, 11) is 0. The van der Waals surface area contributed by atoms with Gasteiger partial charge in [0.2, 0.25) is 0 Å². The van der Waals surface area contributed by atoms with Crippen molar-refractivity contribution in [2.75, 3.05) is 6.54 Å². The number of aliphatic carboxylic acids is 1. The molecule has 1 aromatic carbocycles. The van der Waals surface area contributed by atoms with E-state index in [0.29, 0.717) is 6.54 Å². The number of unbranched alkanes of at least 4 members (excludes halogenated alkanes) is 4. The van der Waals surface area contributed by atoms with Gasteiger partial charge in [-0.1, -0.05) is 43.0 Å². The van der Waals surface area contributed by atoms with E-state index < -0.39 is 5.97 Å². The molecule has 0 saturated carbocycles. The molecule has 0 spiro atoms. The molecule has 0 radical (unpaired) electrons. The minimum absolute atomic E-state index is 0.0734. The third kappa shape index (κ3) is 8.25. The lowest BCUT2D eigenvalue weighted by molar-refractivity contribution is -0.137. The maximum Gasteiger partial charge on any atom is 0.303 e. The standard InChI is InChI=1S/C17H25NO3/c1-14-8-10-15(16(19)11-9-14)13-18-12-6-4-2-3-5-7-17(20)21/h8-11,18H,2-7,12-13H2,1H3,(H,20,21). The highest BCUT2D eigenvalue weighted by molar-refractivity contribution is 5.66. The minimum atomic E-state index is -0.712. The predicted octanol–water partition coefficient (Wildman–Crippen LogP) is 2.87. The van der Waals surface area contributed by atoms with Crippen LogP contribution in [0.25, 0.3) is 0 Å². The first-order valence-corrected chi connectivity index (χ1v) is 7.62. The molecular formula is C17H25NO3. The normalized spacial score (nSPS) is 10.5. The van der Waals surface area contributed by atoms with Crippen LogP contribution in [0.5, 0.6) is 0 Å². The summed E-state index contributed by atoms with van der Waals surface area (Å²) >= 11 is 0. The van der Waals surface area contributed by atoms with Crippen molar-refractivity contribution in [3.8, 4) is 0 Å². The Bertz CT molecular complexity index is 500. The first-order chi connectivity index (χ1) is 10.1. The first kappa shape index (κ1) is 17.4. The highest BCUT2D eigenvalue weighted by Crippen LogP contribution is 2.05. The highest BCUT2D eigenvalue weighted by atomic mass is 16.4. The minimum Gasteiger partial charge on any atom is -0.481 e. The molecule has 0 aromatic heterocycles. The van der Waals surface area contributed by atoms with Crippen LogP contribution in [0, 0.1) is 6.92 Å². The molecule has 0 heterocycles. The van der Waals surface area contributed by atoms with Crippen molar-refractivity contribution in [3.63, 3.8) is 0 Å². The Morgan fingerprint density at radius 1 is 1.05 bits per heavy atom. The zero-order valence-corrected chi connectivity index (χ0v) is 12.7. The van der Waals surface area contributed by atoms with E-state index >= 15 is 0 Å². The summed E-state index contributed by atoms with van der Waals surface area (Å²) in [5.74, 6) is -0.712. The molecule has 0 amide bonds. The van der Waals surface area contributed by atoms with E-state index in [9.17, 15) is 9.59 Å². The van der Waals surface area contributed by atoms with Gasteiger partial charge in [0.25, 0.3) is 0 Å². The van der Waals surface area contributed by atoms with Crippen LogP contribution in [0.3, 0.4) is 0 Å². The zero-order chi connectivity index (χ0) is 15.5. The lowest BCUT2D eigenvalue weighted by atomic mass is 10.1. The second-order valence-corrected chi connectivity index (χ2v) is 5.39. The summed E-state index contributed by atoms with van der Waals surface area (Å²) in [6.07, 6.45) is 5.24. The van der Waals surface area contributed by atoms with Crippen LogP contribution in [0.4, 0.5) is 0 Å². The Morgan fingerprint density at radius 2 is 1.71 bits per heavy atom. The molecule has 1 rings (SSSR count). The highest BCUT2D eigenvalue weighted by Gasteiger charge is 1.98. The van der Waals surface area contributed by atoms with Gasteiger partial charge in [0.05, 0.1) is 0 Å². The van der Waals surface area contributed by atoms with Crippen LogP contribution >= 0.6 is 0 Å². The number of aryl methyl sites for hydroxylation is 1. The van der Waals surface area contributed by atoms with Gasteiger partial charge in [-0.25, -0.2) is 0 Å². The second kappa shape index (κ2) is 10.1. The average Bonchev–Trinajstić information content (AvgIpc) is 2.60. The summed E-state index contributed by atoms with van der Waals surface area (Å²) in [6, 6.07) is 7.30. The smallest absolute Gasteiger partial charge is 0.303 e. The van der Waals surface area contributed by atoms with Gasteiger partial charge in [0.15, 0.2) is 5.43 Å². The van der Waals surface area contributed by atoms with E-state index in [4.69, 9.17) is 5.11 Å². The second-order valence-electron chi connectivity index (χ2n) is 5.39. The lowest BCUT2D eigenvalue weighted by Gasteiger charge is -2.03. The van der Waals surface area contributed by atoms with Crippen LogP contribution in [-0.4, -0.2) is 17.6 Å². The SMILES string of the molecule is Cc1ccc(CNCCCCCCCC(=O)O)c(=O)cc1. The quantitative estimate of drug-likeness (QED) is 0.651. The predicted molar refractivity (Wildman–Crippen MR) is 84.5 cm³/mol. The van der Waals surface area contributed by atoms with E-state index in [-0.39, 0.29) is 11.8 Å². The number of carboxylic acid groups (broad SMARTS) is 1. The number of rotatable bonds is 10. The van der Waals surface area contributed by atoms with Crippen molar-refractivity contribution in [2.45, 2.75) is 52.0 Å². The van der Waals surface area contributed by atoms with Gasteiger partial charge in [-0.15, -0.1) is 0 Å². The van der Waals surface area contributed by atoms with Crippen molar-refractivity contribution in [3.05, 3.63) is 45.6 Å². The number of carboxylic acids is 1. The maximum absolute atomic E-state index is 11.8. The summed E-state index contributed by atoms with van der Waals surface area (Å²) < 4.78 is 0. The van der Waals surface area contributed by atoms with E-state index in [1.165, 1.54) is 0 Å². The summed E-state index contributed by atoms with van der Waals surface area (Å²) in [4.78, 5) is 22.1. The molecular weight excluding hydrogens is 266 g/mol. The molecule has 21 heavy (non-hydrogen) atoms. The Kier molecular flexibility index (Phi) is 8.36. The third-order valence-electron chi connectivity index (χ3n) is 3.42. The van der Waals surface area contributed by atoms with E-state index in [0.717, 1.165) is 49.8 Å². The topological polar surface area (TPSA) is 66.4 Å². The molecule has 0 unspecified atom stereocenters. The Balaban J connectivity index is 2.11. The molecule has 1 aromatic rings. The fourth-order valence-corrected chi connectivity index (χ4v) is 2.11. The van der Waals surface area contributed by atoms with E-state index in [1.54, 1.807) is 6.07 Å². The molecule has 0 saturated heterocycles. The van der Waals surface area contributed by atoms with E-state index in [2.05, 4.69) is 5.32 Å². The van der Waals surface area contributed by atoms with Gasteiger partial charge in [0.1, 0.15) is 0 Å². The summed E-state index contributed by atoms with van der Waals surface area (Å²) in [6.45, 7) is 3.46. The molecule has 4 nitrogen and oxygen atoms in total. The lowest BCUT2D eigenvalue weighted by Crippen LogP contribution is -2.19. The molecule has 0 aliphatic carbocycles. The van der Waals surface area contributed by atoms with Crippen molar-refractivity contribution in [2.24, 2.45) is 0 Å². The number of carbonyl (C=O) groups is 1. The van der Waals surface area contributed by atoms with Gasteiger partial charge >= 0.3 is 5.97 Å². The molecule has 0 fully saturated rings. The number of hydrogen-bond acceptors (Lipinski definition) is 3. The fourth-order valence-electron chi connectivity index (χ4n) is 2.11. The van der Waals surface area contributed by atoms with Crippen LogP contribution in [0.2, 0.25) is 0 Å². The first-order valence-electron chi connectivity index (χ1n) is 7.62. The maximum atomic E-state index is 11.8. The molecule has 2 N–H and O–H groups in total. The Hall–Kier alpha value is -1.68. The fraction of sp³-hybridized carbons (Fsp3) is 0.529.